The summed E-state index contributed by atoms with van der Waals surface area (Å²) in [6.45, 7) is 0.276. The molecule has 0 radical (unpaired) electrons. The first-order valence-electron chi connectivity index (χ1n) is 5.79. The molecule has 0 saturated carbocycles. The van der Waals surface area contributed by atoms with Gasteiger partial charge < -0.3 is 5.73 Å². The minimum Gasteiger partial charge on any atom is -0.399 e. The molecule has 5 heteroatoms. The van der Waals surface area contributed by atoms with Crippen molar-refractivity contribution in [3.63, 3.8) is 0 Å². The van der Waals surface area contributed by atoms with Gasteiger partial charge in [0, 0.05) is 21.7 Å². The van der Waals surface area contributed by atoms with Gasteiger partial charge >= 0.3 is 0 Å². The Hall–Kier alpha value is -2.07. The Kier molecular flexibility index (Phi) is 2.87. The monoisotopic (exact) mass is 275 g/mol. The van der Waals surface area contributed by atoms with Gasteiger partial charge in [-0.2, -0.15) is 5.10 Å². The highest BCUT2D eigenvalue weighted by Gasteiger charge is 2.10. The van der Waals surface area contributed by atoms with Crippen LogP contribution in [0.3, 0.4) is 0 Å². The van der Waals surface area contributed by atoms with Crippen molar-refractivity contribution in [2.45, 2.75) is 6.54 Å². The van der Waals surface area contributed by atoms with Crippen molar-refractivity contribution in [1.29, 1.82) is 0 Å². The summed E-state index contributed by atoms with van der Waals surface area (Å²) in [5.41, 5.74) is 7.70. The lowest BCUT2D eigenvalue weighted by Gasteiger charge is -2.07. The number of rotatable bonds is 2. The first-order chi connectivity index (χ1) is 9.15. The quantitative estimate of drug-likeness (QED) is 0.728. The van der Waals surface area contributed by atoms with Crippen molar-refractivity contribution in [3.05, 3.63) is 59.0 Å². The highest BCUT2D eigenvalue weighted by Crippen LogP contribution is 2.23. The van der Waals surface area contributed by atoms with E-state index < -0.39 is 0 Å². The molecular formula is C14H11ClFN3. The maximum absolute atomic E-state index is 13.8. The highest BCUT2D eigenvalue weighted by molar-refractivity contribution is 6.31. The lowest BCUT2D eigenvalue weighted by atomic mass is 10.2. The number of hydrogen-bond acceptors (Lipinski definition) is 2. The van der Waals surface area contributed by atoms with Gasteiger partial charge in [0.15, 0.2) is 0 Å². The van der Waals surface area contributed by atoms with E-state index in [1.54, 1.807) is 23.0 Å². The molecule has 0 bridgehead atoms. The average Bonchev–Trinajstić information content (AvgIpc) is 2.76. The molecular weight excluding hydrogens is 265 g/mol. The highest BCUT2D eigenvalue weighted by atomic mass is 35.5. The first-order valence-corrected chi connectivity index (χ1v) is 6.17. The maximum atomic E-state index is 13.8. The summed E-state index contributed by atoms with van der Waals surface area (Å²) in [5.74, 6) is -0.333. The fourth-order valence-electron chi connectivity index (χ4n) is 2.05. The largest absolute Gasteiger partial charge is 0.399 e. The van der Waals surface area contributed by atoms with Crippen molar-refractivity contribution in [2.75, 3.05) is 5.73 Å². The Morgan fingerprint density at radius 3 is 2.89 bits per heavy atom. The van der Waals surface area contributed by atoms with Crippen molar-refractivity contribution in [2.24, 2.45) is 0 Å². The van der Waals surface area contributed by atoms with Crippen LogP contribution in [0.15, 0.2) is 42.6 Å². The minimum atomic E-state index is -0.333. The number of benzene rings is 2. The SMILES string of the molecule is Nc1ccc2cnn(Cc3c(F)cccc3Cl)c2c1. The second kappa shape index (κ2) is 4.55. The molecule has 0 fully saturated rings. The number of nitrogens with zero attached hydrogens (tertiary/aromatic N) is 2. The van der Waals surface area contributed by atoms with Crippen LogP contribution in [0.2, 0.25) is 5.02 Å². The van der Waals surface area contributed by atoms with E-state index in [-0.39, 0.29) is 12.4 Å². The molecule has 1 heterocycles. The van der Waals surface area contributed by atoms with E-state index in [9.17, 15) is 4.39 Å². The number of aromatic nitrogens is 2. The summed E-state index contributed by atoms with van der Waals surface area (Å²) in [4.78, 5) is 0. The third kappa shape index (κ3) is 2.15. The van der Waals surface area contributed by atoms with Gasteiger partial charge in [-0.3, -0.25) is 4.68 Å². The maximum Gasteiger partial charge on any atom is 0.129 e. The van der Waals surface area contributed by atoms with Crippen LogP contribution in [-0.2, 0) is 6.54 Å². The van der Waals surface area contributed by atoms with Gasteiger partial charge in [0.25, 0.3) is 0 Å². The lowest BCUT2D eigenvalue weighted by molar-refractivity contribution is 0.590. The standard InChI is InChI=1S/C14H11ClFN3/c15-12-2-1-3-13(16)11(12)8-19-14-6-10(17)5-4-9(14)7-18-19/h1-7H,8,17H2. The summed E-state index contributed by atoms with van der Waals surface area (Å²) in [6.07, 6.45) is 1.73. The van der Waals surface area contributed by atoms with E-state index in [0.717, 1.165) is 10.9 Å². The molecule has 3 aromatic rings. The normalized spacial score (nSPS) is 11.1. The topological polar surface area (TPSA) is 43.8 Å². The minimum absolute atomic E-state index is 0.276. The molecule has 0 amide bonds. The zero-order valence-electron chi connectivity index (χ0n) is 9.98. The van der Waals surface area contributed by atoms with E-state index in [1.165, 1.54) is 6.07 Å². The molecule has 0 unspecified atom stereocenters. The summed E-state index contributed by atoms with van der Waals surface area (Å²) >= 11 is 6.02. The molecule has 0 atom stereocenters. The third-order valence-electron chi connectivity index (χ3n) is 3.04. The van der Waals surface area contributed by atoms with Gasteiger partial charge in [-0.25, -0.2) is 4.39 Å². The van der Waals surface area contributed by atoms with Crippen LogP contribution in [0.25, 0.3) is 10.9 Å². The average molecular weight is 276 g/mol. The van der Waals surface area contributed by atoms with Crippen molar-refractivity contribution >= 4 is 28.2 Å². The molecule has 0 saturated heterocycles. The van der Waals surface area contributed by atoms with Crippen LogP contribution in [0.1, 0.15) is 5.56 Å². The van der Waals surface area contributed by atoms with Gasteiger partial charge in [-0.15, -0.1) is 0 Å². The van der Waals surface area contributed by atoms with Crippen molar-refractivity contribution in [3.8, 4) is 0 Å². The first kappa shape index (κ1) is 12.0. The van der Waals surface area contributed by atoms with Crippen molar-refractivity contribution in [1.82, 2.24) is 9.78 Å². The van der Waals surface area contributed by atoms with Crippen LogP contribution in [0, 0.1) is 5.82 Å². The van der Waals surface area contributed by atoms with Gasteiger partial charge in [0.05, 0.1) is 18.3 Å². The number of hydrogen-bond donors (Lipinski definition) is 1. The zero-order chi connectivity index (χ0) is 13.4. The number of nitrogens with two attached hydrogens (primary N) is 1. The number of halogens is 2. The summed E-state index contributed by atoms with van der Waals surface area (Å²) in [5, 5.41) is 5.61. The van der Waals surface area contributed by atoms with Crippen LogP contribution < -0.4 is 5.73 Å². The van der Waals surface area contributed by atoms with Gasteiger partial charge in [0.2, 0.25) is 0 Å². The van der Waals surface area contributed by atoms with E-state index in [4.69, 9.17) is 17.3 Å². The molecule has 0 aliphatic carbocycles. The summed E-state index contributed by atoms with van der Waals surface area (Å²) in [7, 11) is 0. The van der Waals surface area contributed by atoms with Gasteiger partial charge in [-0.05, 0) is 30.3 Å². The molecule has 0 spiro atoms. The van der Waals surface area contributed by atoms with Crippen LogP contribution in [-0.4, -0.2) is 9.78 Å². The molecule has 0 aliphatic rings. The number of nitrogen functional groups attached to an aromatic ring is 1. The van der Waals surface area contributed by atoms with Crippen LogP contribution in [0.5, 0.6) is 0 Å². The van der Waals surface area contributed by atoms with E-state index in [0.29, 0.717) is 16.3 Å². The predicted octanol–water partition coefficient (Wildman–Crippen LogP) is 3.46. The molecule has 3 nitrogen and oxygen atoms in total. The van der Waals surface area contributed by atoms with E-state index in [2.05, 4.69) is 5.10 Å². The van der Waals surface area contributed by atoms with E-state index >= 15 is 0 Å². The molecule has 2 N–H and O–H groups in total. The molecule has 2 aromatic carbocycles. The fraction of sp³-hybridized carbons (Fsp3) is 0.0714. The number of anilines is 1. The van der Waals surface area contributed by atoms with E-state index in [1.807, 2.05) is 18.2 Å². The smallest absolute Gasteiger partial charge is 0.129 e. The molecule has 96 valence electrons. The van der Waals surface area contributed by atoms with Gasteiger partial charge in [-0.1, -0.05) is 17.7 Å². The molecule has 0 aliphatic heterocycles. The molecule has 3 rings (SSSR count). The van der Waals surface area contributed by atoms with Crippen LogP contribution >= 0.6 is 11.6 Å². The Bertz CT molecular complexity index is 731. The second-order valence-corrected chi connectivity index (χ2v) is 4.73. The Morgan fingerprint density at radius 1 is 1.26 bits per heavy atom. The Balaban J connectivity index is 2.08. The Labute approximate surface area is 114 Å². The Morgan fingerprint density at radius 2 is 2.11 bits per heavy atom. The zero-order valence-corrected chi connectivity index (χ0v) is 10.7. The van der Waals surface area contributed by atoms with Crippen LogP contribution in [0.4, 0.5) is 10.1 Å². The van der Waals surface area contributed by atoms with Gasteiger partial charge in [0.1, 0.15) is 5.82 Å². The molecule has 19 heavy (non-hydrogen) atoms. The summed E-state index contributed by atoms with van der Waals surface area (Å²) in [6, 6.07) is 10.2. The molecule has 1 aromatic heterocycles. The van der Waals surface area contributed by atoms with Crippen molar-refractivity contribution < 1.29 is 4.39 Å². The lowest BCUT2D eigenvalue weighted by Crippen LogP contribution is -2.04. The summed E-state index contributed by atoms with van der Waals surface area (Å²) < 4.78 is 15.5. The fourth-order valence-corrected chi connectivity index (χ4v) is 2.27. The number of fused-ring (bicyclic) bond motifs is 1. The second-order valence-electron chi connectivity index (χ2n) is 4.32. The third-order valence-corrected chi connectivity index (χ3v) is 3.39. The predicted molar refractivity (Wildman–Crippen MR) is 74.7 cm³/mol.